The number of benzene rings is 3. The van der Waals surface area contributed by atoms with Gasteiger partial charge in [0.15, 0.2) is 0 Å². The molecule has 0 heterocycles. The van der Waals surface area contributed by atoms with Gasteiger partial charge < -0.3 is 26.4 Å². The number of carbonyl (C=O) groups is 2. The standard InChI is InChI=1S/C31H34N4O3/c32-26-3-1-2-4-28(26)34-30(36)23-11-13-24-22(15-23)12-14-27(24)35-31(37)38-18-20-7-9-21(10-8-20)25-16-29(25)33-17-19-5-6-19/h1-4,7-11,13,15,19,25,27,29,33H,5-6,12,14,16-18,32H2,(H,34,36)(H,35,37). The zero-order valence-electron chi connectivity index (χ0n) is 21.4. The van der Waals surface area contributed by atoms with Crippen molar-refractivity contribution in [1.29, 1.82) is 0 Å². The van der Waals surface area contributed by atoms with Crippen LogP contribution in [0.4, 0.5) is 16.2 Å². The zero-order valence-corrected chi connectivity index (χ0v) is 21.4. The normalized spacial score (nSPS) is 21.4. The Morgan fingerprint density at radius 2 is 1.79 bits per heavy atom. The first-order chi connectivity index (χ1) is 18.5. The van der Waals surface area contributed by atoms with Gasteiger partial charge in [0.1, 0.15) is 6.61 Å². The summed E-state index contributed by atoms with van der Waals surface area (Å²) in [6.45, 7) is 1.40. The first-order valence-corrected chi connectivity index (χ1v) is 13.6. The number of hydrogen-bond donors (Lipinski definition) is 4. The average Bonchev–Trinajstić information content (AvgIpc) is 3.86. The Morgan fingerprint density at radius 1 is 0.974 bits per heavy atom. The van der Waals surface area contributed by atoms with Gasteiger partial charge in [-0.25, -0.2) is 4.79 Å². The third kappa shape index (κ3) is 5.68. The molecule has 3 aliphatic carbocycles. The van der Waals surface area contributed by atoms with Gasteiger partial charge in [0.05, 0.1) is 17.4 Å². The van der Waals surface area contributed by atoms with Gasteiger partial charge in [0, 0.05) is 17.5 Å². The maximum Gasteiger partial charge on any atom is 0.407 e. The van der Waals surface area contributed by atoms with E-state index in [1.807, 2.05) is 24.3 Å². The Bertz CT molecular complexity index is 1340. The number of nitrogen functional groups attached to an aromatic ring is 1. The molecule has 2 fully saturated rings. The Morgan fingerprint density at radius 3 is 2.58 bits per heavy atom. The number of carbonyl (C=O) groups excluding carboxylic acids is 2. The van der Waals surface area contributed by atoms with Gasteiger partial charge in [-0.2, -0.15) is 0 Å². The van der Waals surface area contributed by atoms with Crippen LogP contribution in [-0.4, -0.2) is 24.6 Å². The molecular formula is C31H34N4O3. The number of para-hydroxylation sites is 2. The van der Waals surface area contributed by atoms with Gasteiger partial charge >= 0.3 is 6.09 Å². The summed E-state index contributed by atoms with van der Waals surface area (Å²) in [6.07, 6.45) is 5.10. The smallest absolute Gasteiger partial charge is 0.407 e. The first kappa shape index (κ1) is 24.5. The van der Waals surface area contributed by atoms with E-state index < -0.39 is 6.09 Å². The molecule has 7 nitrogen and oxygen atoms in total. The Hall–Kier alpha value is -3.84. The van der Waals surface area contributed by atoms with E-state index in [1.54, 1.807) is 18.2 Å². The molecule has 3 unspecified atom stereocenters. The Labute approximate surface area is 223 Å². The lowest BCUT2D eigenvalue weighted by atomic mass is 10.0. The SMILES string of the molecule is Nc1ccccc1NC(=O)c1ccc2c(c1)CCC2NC(=O)OCc1ccc(C2CC2NCC2CC2)cc1. The van der Waals surface area contributed by atoms with E-state index in [2.05, 4.69) is 40.2 Å². The van der Waals surface area contributed by atoms with Gasteiger partial charge in [0.25, 0.3) is 5.91 Å². The molecule has 3 atom stereocenters. The summed E-state index contributed by atoms with van der Waals surface area (Å²) < 4.78 is 5.52. The maximum atomic E-state index is 12.7. The molecule has 0 aromatic heterocycles. The highest BCUT2D eigenvalue weighted by molar-refractivity contribution is 6.05. The molecule has 2 amide bonds. The maximum absolute atomic E-state index is 12.7. The van der Waals surface area contributed by atoms with Crippen molar-refractivity contribution in [3.63, 3.8) is 0 Å². The summed E-state index contributed by atoms with van der Waals surface area (Å²) in [5.41, 5.74) is 12.0. The number of alkyl carbamates (subject to hydrolysis) is 1. The highest BCUT2D eigenvalue weighted by atomic mass is 16.5. The van der Waals surface area contributed by atoms with E-state index in [9.17, 15) is 9.59 Å². The summed E-state index contributed by atoms with van der Waals surface area (Å²) in [4.78, 5) is 25.3. The number of aryl methyl sites for hydroxylation is 1. The van der Waals surface area contributed by atoms with Gasteiger partial charge in [-0.1, -0.05) is 42.5 Å². The van der Waals surface area contributed by atoms with Crippen molar-refractivity contribution in [3.05, 3.63) is 94.5 Å². The minimum atomic E-state index is -0.431. The third-order valence-corrected chi connectivity index (χ3v) is 7.92. The van der Waals surface area contributed by atoms with Crippen LogP contribution in [-0.2, 0) is 17.8 Å². The summed E-state index contributed by atoms with van der Waals surface area (Å²) in [5.74, 6) is 1.31. The molecule has 196 valence electrons. The summed E-state index contributed by atoms with van der Waals surface area (Å²) in [6, 6.07) is 21.7. The van der Waals surface area contributed by atoms with E-state index in [4.69, 9.17) is 10.5 Å². The number of rotatable bonds is 9. The molecule has 3 aromatic rings. The molecular weight excluding hydrogens is 476 g/mol. The van der Waals surface area contributed by atoms with E-state index in [-0.39, 0.29) is 18.6 Å². The van der Waals surface area contributed by atoms with Gasteiger partial charge in [-0.15, -0.1) is 0 Å². The molecule has 3 aliphatic rings. The summed E-state index contributed by atoms with van der Waals surface area (Å²) in [5, 5.41) is 9.53. The van der Waals surface area contributed by atoms with Crippen LogP contribution in [0.1, 0.15) is 70.3 Å². The van der Waals surface area contributed by atoms with Crippen molar-refractivity contribution >= 4 is 23.4 Å². The van der Waals surface area contributed by atoms with Gasteiger partial charge in [-0.05, 0) is 91.1 Å². The number of nitrogens with two attached hydrogens (primary N) is 1. The minimum absolute atomic E-state index is 0.128. The first-order valence-electron chi connectivity index (χ1n) is 13.6. The van der Waals surface area contributed by atoms with E-state index in [0.29, 0.717) is 28.9 Å². The summed E-state index contributed by atoms with van der Waals surface area (Å²) in [7, 11) is 0. The largest absolute Gasteiger partial charge is 0.445 e. The number of hydrogen-bond acceptors (Lipinski definition) is 5. The second kappa shape index (κ2) is 10.5. The molecule has 2 saturated carbocycles. The van der Waals surface area contributed by atoms with Crippen LogP contribution in [0, 0.1) is 5.92 Å². The van der Waals surface area contributed by atoms with E-state index in [1.165, 1.54) is 24.8 Å². The molecule has 5 N–H and O–H groups in total. The highest BCUT2D eigenvalue weighted by Crippen LogP contribution is 2.41. The predicted molar refractivity (Wildman–Crippen MR) is 148 cm³/mol. The van der Waals surface area contributed by atoms with Crippen LogP contribution in [0.5, 0.6) is 0 Å². The fourth-order valence-electron chi connectivity index (χ4n) is 5.34. The molecule has 38 heavy (non-hydrogen) atoms. The molecule has 0 radical (unpaired) electrons. The van der Waals surface area contributed by atoms with E-state index >= 15 is 0 Å². The monoisotopic (exact) mass is 510 g/mol. The number of nitrogens with one attached hydrogen (secondary N) is 3. The van der Waals surface area contributed by atoms with Crippen LogP contribution in [0.25, 0.3) is 0 Å². The third-order valence-electron chi connectivity index (χ3n) is 7.92. The van der Waals surface area contributed by atoms with Gasteiger partial charge in [-0.3, -0.25) is 4.79 Å². The predicted octanol–water partition coefficient (Wildman–Crippen LogP) is 5.29. The average molecular weight is 511 g/mol. The number of amides is 2. The number of ether oxygens (including phenoxy) is 1. The second-order valence-electron chi connectivity index (χ2n) is 10.8. The molecule has 6 rings (SSSR count). The highest BCUT2D eigenvalue weighted by Gasteiger charge is 2.38. The van der Waals surface area contributed by atoms with Crippen molar-refractivity contribution < 1.29 is 14.3 Å². The summed E-state index contributed by atoms with van der Waals surface area (Å²) >= 11 is 0. The fourth-order valence-corrected chi connectivity index (χ4v) is 5.34. The van der Waals surface area contributed by atoms with Crippen LogP contribution in [0.15, 0.2) is 66.7 Å². The van der Waals surface area contributed by atoms with Crippen molar-refractivity contribution in [2.24, 2.45) is 5.92 Å². The second-order valence-corrected chi connectivity index (χ2v) is 10.8. The van der Waals surface area contributed by atoms with Crippen molar-refractivity contribution in [3.8, 4) is 0 Å². The lowest BCUT2D eigenvalue weighted by Gasteiger charge is -2.15. The Balaban J connectivity index is 0.980. The molecule has 3 aromatic carbocycles. The molecule has 7 heteroatoms. The van der Waals surface area contributed by atoms with Crippen molar-refractivity contribution in [2.75, 3.05) is 17.6 Å². The van der Waals surface area contributed by atoms with Crippen molar-refractivity contribution in [2.45, 2.75) is 56.7 Å². The molecule has 0 spiro atoms. The van der Waals surface area contributed by atoms with Crippen LogP contribution in [0.3, 0.4) is 0 Å². The number of anilines is 2. The lowest BCUT2D eigenvalue weighted by Crippen LogP contribution is -2.27. The minimum Gasteiger partial charge on any atom is -0.445 e. The topological polar surface area (TPSA) is 105 Å². The van der Waals surface area contributed by atoms with Crippen LogP contribution >= 0.6 is 0 Å². The zero-order chi connectivity index (χ0) is 26.1. The molecule has 0 aliphatic heterocycles. The quantitative estimate of drug-likeness (QED) is 0.293. The van der Waals surface area contributed by atoms with Crippen LogP contribution in [0.2, 0.25) is 0 Å². The van der Waals surface area contributed by atoms with E-state index in [0.717, 1.165) is 42.0 Å². The molecule has 0 bridgehead atoms. The van der Waals surface area contributed by atoms with Crippen molar-refractivity contribution in [1.82, 2.24) is 10.6 Å². The fraction of sp³-hybridized carbons (Fsp3) is 0.355. The lowest BCUT2D eigenvalue weighted by molar-refractivity contribution is 0.102. The molecule has 0 saturated heterocycles. The van der Waals surface area contributed by atoms with Crippen LogP contribution < -0.4 is 21.7 Å². The van der Waals surface area contributed by atoms with Gasteiger partial charge in [0.2, 0.25) is 0 Å². The Kier molecular flexibility index (Phi) is 6.77. The number of fused-ring (bicyclic) bond motifs is 1.